The van der Waals surface area contributed by atoms with Gasteiger partial charge in [-0.1, -0.05) is 116 Å². The first-order chi connectivity index (χ1) is 31.7. The molecule has 324 valence electrons. The number of anilines is 9. The molecule has 13 rings (SSSR count). The lowest BCUT2D eigenvalue weighted by molar-refractivity contribution is 0.465. The van der Waals surface area contributed by atoms with E-state index in [0.717, 1.165) is 62.7 Å². The van der Waals surface area contributed by atoms with Crippen molar-refractivity contribution in [3.8, 4) is 23.0 Å². The second kappa shape index (κ2) is 13.4. The molecular weight excluding hydrogens is 826 g/mol. The second-order valence-electron chi connectivity index (χ2n) is 20.4. The molecule has 0 N–H and O–H groups in total. The normalized spacial score (nSPS) is 15.5. The molecule has 66 heavy (non-hydrogen) atoms. The van der Waals surface area contributed by atoms with Gasteiger partial charge in [0.2, 0.25) is 0 Å². The summed E-state index contributed by atoms with van der Waals surface area (Å²) in [6, 6.07) is 50.1. The molecule has 5 heterocycles. The van der Waals surface area contributed by atoms with E-state index >= 15 is 0 Å². The molecule has 0 spiro atoms. The number of hydrogen-bond acceptors (Lipinski definition) is 5. The molecule has 8 aromatic rings. The molecule has 0 amide bonds. The van der Waals surface area contributed by atoms with Crippen molar-refractivity contribution in [2.75, 3.05) is 14.7 Å². The number of nitrogens with zero attached hydrogens (tertiary/aromatic N) is 3. The first kappa shape index (κ1) is 39.5. The van der Waals surface area contributed by atoms with Crippen LogP contribution in [0.25, 0.3) is 0 Å². The Morgan fingerprint density at radius 3 is 1.05 bits per heavy atom. The molecule has 0 atom stereocenters. The summed E-state index contributed by atoms with van der Waals surface area (Å²) in [6.45, 7) is 22.9. The van der Waals surface area contributed by atoms with Gasteiger partial charge in [0.25, 0.3) is 0 Å². The van der Waals surface area contributed by atoms with Crippen molar-refractivity contribution in [2.45, 2.75) is 80.1 Å². The van der Waals surface area contributed by atoms with Gasteiger partial charge in [0.1, 0.15) is 11.5 Å². The van der Waals surface area contributed by atoms with Gasteiger partial charge in [0.15, 0.2) is 11.5 Å². The maximum atomic E-state index is 7.56. The molecule has 0 fully saturated rings. The van der Waals surface area contributed by atoms with Crippen molar-refractivity contribution in [1.82, 2.24) is 0 Å². The third kappa shape index (κ3) is 5.27. The standard InChI is InChI=1S/C60H52N3O2P/c1-33-11-19-39(20-12-33)61(40-21-13-34(2)14-22-40)47-31-45-52-57-54(47)64-49-29-38(6)30-50-56(49)66(57)58-53-46(60(9,10)44-28-37(5)27-43(59(45,7)8)51(44)63(52)53)32-48(55(58)65-50)62(41-23-15-35(3)16-24-41)42-25-17-36(4)18-26-42/h11-32H,1-10H3. The Labute approximate surface area is 389 Å². The van der Waals surface area contributed by atoms with Gasteiger partial charge in [-0.05, 0) is 142 Å². The lowest BCUT2D eigenvalue weighted by Crippen LogP contribution is -2.48. The first-order valence-corrected chi connectivity index (χ1v) is 24.6. The van der Waals surface area contributed by atoms with Gasteiger partial charge in [-0.15, -0.1) is 0 Å². The predicted molar refractivity (Wildman–Crippen MR) is 276 cm³/mol. The maximum absolute atomic E-state index is 7.56. The first-order valence-electron chi connectivity index (χ1n) is 23.2. The molecule has 0 aliphatic carbocycles. The van der Waals surface area contributed by atoms with E-state index in [-0.39, 0.29) is 10.8 Å². The third-order valence-corrected chi connectivity index (χ3v) is 17.6. The lowest BCUT2D eigenvalue weighted by atomic mass is 9.65. The molecule has 5 aliphatic heterocycles. The van der Waals surface area contributed by atoms with E-state index in [0.29, 0.717) is 0 Å². The maximum Gasteiger partial charge on any atom is 0.161 e. The van der Waals surface area contributed by atoms with E-state index in [9.17, 15) is 0 Å². The largest absolute Gasteiger partial charge is 0.454 e. The van der Waals surface area contributed by atoms with Crippen molar-refractivity contribution in [1.29, 1.82) is 0 Å². The van der Waals surface area contributed by atoms with Gasteiger partial charge in [-0.3, -0.25) is 0 Å². The minimum absolute atomic E-state index is 0.350. The molecule has 6 heteroatoms. The Balaban J connectivity index is 1.21. The molecular formula is C60H52N3O2P. The fourth-order valence-corrected chi connectivity index (χ4v) is 14.4. The number of aryl methyl sites for hydroxylation is 6. The Kier molecular flexibility index (Phi) is 8.03. The third-order valence-electron chi connectivity index (χ3n) is 15.0. The topological polar surface area (TPSA) is 28.2 Å². The smallest absolute Gasteiger partial charge is 0.161 e. The lowest BCUT2D eigenvalue weighted by Gasteiger charge is -2.55. The van der Waals surface area contributed by atoms with Gasteiger partial charge >= 0.3 is 0 Å². The van der Waals surface area contributed by atoms with E-state index in [1.807, 2.05) is 0 Å². The predicted octanol–water partition coefficient (Wildman–Crippen LogP) is 15.5. The van der Waals surface area contributed by atoms with Crippen LogP contribution in [0.15, 0.2) is 133 Å². The Morgan fingerprint density at radius 2 is 0.697 bits per heavy atom. The highest BCUT2D eigenvalue weighted by Crippen LogP contribution is 2.71. The average Bonchev–Trinajstić information content (AvgIpc) is 3.29. The fourth-order valence-electron chi connectivity index (χ4n) is 11.5. The van der Waals surface area contributed by atoms with Crippen molar-refractivity contribution < 1.29 is 9.47 Å². The van der Waals surface area contributed by atoms with Crippen molar-refractivity contribution in [3.63, 3.8) is 0 Å². The Hall–Kier alpha value is -6.81. The quantitative estimate of drug-likeness (QED) is 0.155. The van der Waals surface area contributed by atoms with Crippen LogP contribution in [0.2, 0.25) is 0 Å². The van der Waals surface area contributed by atoms with Crippen LogP contribution in [0.1, 0.15) is 83.3 Å². The number of benzene rings is 8. The molecule has 0 unspecified atom stereocenters. The summed E-state index contributed by atoms with van der Waals surface area (Å²) in [4.78, 5) is 7.53. The van der Waals surface area contributed by atoms with Crippen LogP contribution in [-0.2, 0) is 10.8 Å². The van der Waals surface area contributed by atoms with Crippen LogP contribution in [0.3, 0.4) is 0 Å². The summed E-state index contributed by atoms with van der Waals surface area (Å²) in [5.41, 5.74) is 22.2. The summed E-state index contributed by atoms with van der Waals surface area (Å²) in [6.07, 6.45) is 0. The number of rotatable bonds is 6. The van der Waals surface area contributed by atoms with Crippen LogP contribution in [0, 0.1) is 41.5 Å². The average molecular weight is 878 g/mol. The highest BCUT2D eigenvalue weighted by atomic mass is 31.1. The summed E-state index contributed by atoms with van der Waals surface area (Å²) >= 11 is 0. The van der Waals surface area contributed by atoms with E-state index in [1.54, 1.807) is 0 Å². The van der Waals surface area contributed by atoms with Crippen LogP contribution in [0.4, 0.5) is 51.2 Å². The summed E-state index contributed by atoms with van der Waals surface area (Å²) in [7, 11) is -1.22. The molecule has 8 aromatic carbocycles. The zero-order valence-electron chi connectivity index (χ0n) is 39.3. The van der Waals surface area contributed by atoms with Crippen LogP contribution < -0.4 is 40.1 Å². The van der Waals surface area contributed by atoms with Gasteiger partial charge < -0.3 is 24.2 Å². The van der Waals surface area contributed by atoms with E-state index in [1.165, 1.54) is 83.0 Å². The van der Waals surface area contributed by atoms with Gasteiger partial charge in [-0.2, -0.15) is 0 Å². The fraction of sp³-hybridized carbons (Fsp3) is 0.200. The molecule has 0 aromatic heterocycles. The molecule has 0 saturated carbocycles. The SMILES string of the molecule is Cc1ccc(N(c2ccc(C)cc2)c2cc3c4c5c2Oc2cc(C)cc6c2P5c2c(c(N(c5ccc(C)cc5)c5ccc(C)cc5)cc5c2N4c2c(cc(C)cc2C5(C)C)C3(C)C)O6)cc1. The van der Waals surface area contributed by atoms with E-state index in [2.05, 4.69) is 217 Å². The molecule has 0 bridgehead atoms. The van der Waals surface area contributed by atoms with Gasteiger partial charge in [0, 0.05) is 41.5 Å². The Bertz CT molecular complexity index is 3110. The molecule has 5 aliphatic rings. The molecule has 0 saturated heterocycles. The van der Waals surface area contributed by atoms with Crippen LogP contribution >= 0.6 is 7.92 Å². The van der Waals surface area contributed by atoms with E-state index in [4.69, 9.17) is 9.47 Å². The molecule has 5 nitrogen and oxygen atoms in total. The highest BCUT2D eigenvalue weighted by molar-refractivity contribution is 7.81. The van der Waals surface area contributed by atoms with Gasteiger partial charge in [0.05, 0.1) is 44.4 Å². The van der Waals surface area contributed by atoms with Crippen LogP contribution in [0.5, 0.6) is 23.0 Å². The molecule has 0 radical (unpaired) electrons. The van der Waals surface area contributed by atoms with Crippen LogP contribution in [-0.4, -0.2) is 0 Å². The highest BCUT2D eigenvalue weighted by Gasteiger charge is 2.56. The summed E-state index contributed by atoms with van der Waals surface area (Å²) < 4.78 is 15.1. The van der Waals surface area contributed by atoms with Crippen molar-refractivity contribution in [3.05, 3.63) is 189 Å². The summed E-state index contributed by atoms with van der Waals surface area (Å²) in [5, 5.41) is 3.70. The monoisotopic (exact) mass is 877 g/mol. The van der Waals surface area contributed by atoms with Gasteiger partial charge in [-0.25, -0.2) is 0 Å². The zero-order chi connectivity index (χ0) is 45.3. The minimum Gasteiger partial charge on any atom is -0.454 e. The van der Waals surface area contributed by atoms with Crippen molar-refractivity contribution >= 4 is 75.0 Å². The second-order valence-corrected chi connectivity index (χ2v) is 22.4. The van der Waals surface area contributed by atoms with E-state index < -0.39 is 7.92 Å². The number of hydrogen-bond donors (Lipinski definition) is 0. The number of ether oxygens (including phenoxy) is 2. The zero-order valence-corrected chi connectivity index (χ0v) is 40.2. The minimum atomic E-state index is -1.22. The Morgan fingerprint density at radius 1 is 0.379 bits per heavy atom. The van der Waals surface area contributed by atoms with Crippen molar-refractivity contribution in [2.24, 2.45) is 0 Å². The summed E-state index contributed by atoms with van der Waals surface area (Å²) in [5.74, 6) is 3.60.